The van der Waals surface area contributed by atoms with Gasteiger partial charge in [0, 0.05) is 6.54 Å². The van der Waals surface area contributed by atoms with Crippen LogP contribution in [-0.2, 0) is 4.79 Å². The van der Waals surface area contributed by atoms with Crippen LogP contribution in [-0.4, -0.2) is 12.5 Å². The minimum atomic E-state index is -0.576. The fourth-order valence-electron chi connectivity index (χ4n) is 2.76. The lowest BCUT2D eigenvalue weighted by Gasteiger charge is -2.12. The standard InChI is InChI=1S/C16H22ClNO/c17-15(14-10-2-1-3-11-14)16(19)18-12-6-9-13-7-4-5-8-13/h1-3,10-11,13,15H,4-9,12H2,(H,18,19). The van der Waals surface area contributed by atoms with E-state index in [0.29, 0.717) is 0 Å². The first-order valence-corrected chi connectivity index (χ1v) is 7.68. The van der Waals surface area contributed by atoms with E-state index in [1.54, 1.807) is 0 Å². The van der Waals surface area contributed by atoms with E-state index in [1.165, 1.54) is 32.1 Å². The van der Waals surface area contributed by atoms with Crippen LogP contribution >= 0.6 is 11.6 Å². The number of amides is 1. The van der Waals surface area contributed by atoms with E-state index in [9.17, 15) is 4.79 Å². The van der Waals surface area contributed by atoms with E-state index in [4.69, 9.17) is 11.6 Å². The summed E-state index contributed by atoms with van der Waals surface area (Å²) in [6, 6.07) is 9.49. The van der Waals surface area contributed by atoms with Crippen molar-refractivity contribution in [2.75, 3.05) is 6.54 Å². The average Bonchev–Trinajstić information content (AvgIpc) is 2.96. The quantitative estimate of drug-likeness (QED) is 0.618. The van der Waals surface area contributed by atoms with Gasteiger partial charge in [0.15, 0.2) is 0 Å². The maximum atomic E-state index is 11.9. The summed E-state index contributed by atoms with van der Waals surface area (Å²) in [5.41, 5.74) is 0.859. The third kappa shape index (κ3) is 4.54. The number of alkyl halides is 1. The maximum Gasteiger partial charge on any atom is 0.242 e. The normalized spacial score (nSPS) is 17.3. The zero-order valence-electron chi connectivity index (χ0n) is 11.3. The van der Waals surface area contributed by atoms with Gasteiger partial charge in [-0.15, -0.1) is 11.6 Å². The van der Waals surface area contributed by atoms with Gasteiger partial charge in [0.05, 0.1) is 0 Å². The van der Waals surface area contributed by atoms with Gasteiger partial charge < -0.3 is 5.32 Å². The Morgan fingerprint density at radius 1 is 1.26 bits per heavy atom. The SMILES string of the molecule is O=C(NCCCC1CCCC1)C(Cl)c1ccccc1. The topological polar surface area (TPSA) is 29.1 Å². The smallest absolute Gasteiger partial charge is 0.242 e. The Bertz CT molecular complexity index is 387. The van der Waals surface area contributed by atoms with Gasteiger partial charge in [0.25, 0.3) is 0 Å². The minimum Gasteiger partial charge on any atom is -0.355 e. The molecule has 19 heavy (non-hydrogen) atoms. The molecule has 1 fully saturated rings. The zero-order valence-corrected chi connectivity index (χ0v) is 12.0. The summed E-state index contributed by atoms with van der Waals surface area (Å²) in [7, 11) is 0. The number of halogens is 1. The Hall–Kier alpha value is -1.02. The molecule has 1 unspecified atom stereocenters. The van der Waals surface area contributed by atoms with Crippen molar-refractivity contribution in [2.24, 2.45) is 5.92 Å². The molecule has 1 aromatic rings. The van der Waals surface area contributed by atoms with Gasteiger partial charge >= 0.3 is 0 Å². The van der Waals surface area contributed by atoms with E-state index in [1.807, 2.05) is 30.3 Å². The van der Waals surface area contributed by atoms with Gasteiger partial charge in [-0.05, 0) is 24.3 Å². The van der Waals surface area contributed by atoms with Gasteiger partial charge in [0.2, 0.25) is 5.91 Å². The second-order valence-electron chi connectivity index (χ2n) is 5.36. The van der Waals surface area contributed by atoms with Gasteiger partial charge in [-0.3, -0.25) is 4.79 Å². The Balaban J connectivity index is 1.66. The molecule has 0 spiro atoms. The number of rotatable bonds is 6. The van der Waals surface area contributed by atoms with Gasteiger partial charge in [-0.1, -0.05) is 56.0 Å². The van der Waals surface area contributed by atoms with E-state index < -0.39 is 5.38 Å². The minimum absolute atomic E-state index is 0.0840. The molecular formula is C16H22ClNO. The predicted molar refractivity (Wildman–Crippen MR) is 79.2 cm³/mol. The molecule has 2 rings (SSSR count). The molecule has 0 saturated heterocycles. The molecular weight excluding hydrogens is 258 g/mol. The van der Waals surface area contributed by atoms with E-state index in [0.717, 1.165) is 24.4 Å². The Kier molecular flexibility index (Phi) is 5.71. The van der Waals surface area contributed by atoms with Crippen molar-refractivity contribution >= 4 is 17.5 Å². The maximum absolute atomic E-state index is 11.9. The molecule has 3 heteroatoms. The van der Waals surface area contributed by atoms with Crippen molar-refractivity contribution in [1.82, 2.24) is 5.32 Å². The highest BCUT2D eigenvalue weighted by Gasteiger charge is 2.17. The number of nitrogens with one attached hydrogen (secondary N) is 1. The fourth-order valence-corrected chi connectivity index (χ4v) is 2.99. The number of hydrogen-bond acceptors (Lipinski definition) is 1. The lowest BCUT2D eigenvalue weighted by molar-refractivity contribution is -0.120. The molecule has 2 nitrogen and oxygen atoms in total. The van der Waals surface area contributed by atoms with Crippen LogP contribution in [0.15, 0.2) is 30.3 Å². The van der Waals surface area contributed by atoms with E-state index >= 15 is 0 Å². The number of carbonyl (C=O) groups is 1. The monoisotopic (exact) mass is 279 g/mol. The summed E-state index contributed by atoms with van der Waals surface area (Å²) < 4.78 is 0. The van der Waals surface area contributed by atoms with Gasteiger partial charge in [-0.2, -0.15) is 0 Å². The van der Waals surface area contributed by atoms with Crippen LogP contribution in [0.1, 0.15) is 49.5 Å². The molecule has 104 valence electrons. The van der Waals surface area contributed by atoms with Crippen LogP contribution in [0.5, 0.6) is 0 Å². The molecule has 0 radical (unpaired) electrons. The third-order valence-corrected chi connectivity index (χ3v) is 4.34. The lowest BCUT2D eigenvalue weighted by atomic mass is 10.0. The van der Waals surface area contributed by atoms with Crippen molar-refractivity contribution < 1.29 is 4.79 Å². The van der Waals surface area contributed by atoms with E-state index in [2.05, 4.69) is 5.32 Å². The van der Waals surface area contributed by atoms with Gasteiger partial charge in [-0.25, -0.2) is 0 Å². The summed E-state index contributed by atoms with van der Waals surface area (Å²) in [5, 5.41) is 2.36. The summed E-state index contributed by atoms with van der Waals surface area (Å²) in [5.74, 6) is 0.803. The van der Waals surface area contributed by atoms with Crippen molar-refractivity contribution in [1.29, 1.82) is 0 Å². The first-order chi connectivity index (χ1) is 9.27. The largest absolute Gasteiger partial charge is 0.355 e. The summed E-state index contributed by atoms with van der Waals surface area (Å²) >= 11 is 6.15. The molecule has 1 atom stereocenters. The van der Waals surface area contributed by atoms with Crippen molar-refractivity contribution in [3.05, 3.63) is 35.9 Å². The van der Waals surface area contributed by atoms with Crippen molar-refractivity contribution in [3.8, 4) is 0 Å². The molecule has 1 N–H and O–H groups in total. The Morgan fingerprint density at radius 2 is 1.95 bits per heavy atom. The first-order valence-electron chi connectivity index (χ1n) is 7.24. The molecule has 1 aromatic carbocycles. The van der Waals surface area contributed by atoms with Crippen LogP contribution in [0.2, 0.25) is 0 Å². The number of carbonyl (C=O) groups excluding carboxylic acids is 1. The summed E-state index contributed by atoms with van der Waals surface area (Å²) in [6.07, 6.45) is 7.81. The molecule has 1 saturated carbocycles. The first kappa shape index (κ1) is 14.4. The second kappa shape index (κ2) is 7.54. The zero-order chi connectivity index (χ0) is 13.5. The second-order valence-corrected chi connectivity index (χ2v) is 5.79. The molecule has 1 aliphatic rings. The summed E-state index contributed by atoms with van der Waals surface area (Å²) in [6.45, 7) is 0.741. The molecule has 0 aliphatic heterocycles. The molecule has 0 heterocycles. The number of hydrogen-bond donors (Lipinski definition) is 1. The summed E-state index contributed by atoms with van der Waals surface area (Å²) in [4.78, 5) is 11.9. The highest BCUT2D eigenvalue weighted by molar-refractivity contribution is 6.30. The van der Waals surface area contributed by atoms with Crippen LogP contribution in [0.3, 0.4) is 0 Å². The lowest BCUT2D eigenvalue weighted by Crippen LogP contribution is -2.28. The van der Waals surface area contributed by atoms with Crippen LogP contribution < -0.4 is 5.32 Å². The fraction of sp³-hybridized carbons (Fsp3) is 0.562. The molecule has 0 aromatic heterocycles. The van der Waals surface area contributed by atoms with Crippen molar-refractivity contribution in [2.45, 2.75) is 43.9 Å². The third-order valence-electron chi connectivity index (χ3n) is 3.89. The Labute approximate surface area is 120 Å². The molecule has 1 aliphatic carbocycles. The van der Waals surface area contributed by atoms with Crippen LogP contribution in [0, 0.1) is 5.92 Å². The molecule has 0 bridgehead atoms. The van der Waals surface area contributed by atoms with Crippen molar-refractivity contribution in [3.63, 3.8) is 0 Å². The van der Waals surface area contributed by atoms with Crippen LogP contribution in [0.25, 0.3) is 0 Å². The average molecular weight is 280 g/mol. The molecule has 1 amide bonds. The highest BCUT2D eigenvalue weighted by atomic mass is 35.5. The number of benzene rings is 1. The highest BCUT2D eigenvalue weighted by Crippen LogP contribution is 2.28. The van der Waals surface area contributed by atoms with Gasteiger partial charge in [0.1, 0.15) is 5.38 Å². The predicted octanol–water partition coefficient (Wildman–Crippen LogP) is 4.05. The van der Waals surface area contributed by atoms with E-state index in [-0.39, 0.29) is 5.91 Å². The van der Waals surface area contributed by atoms with Crippen LogP contribution in [0.4, 0.5) is 0 Å². The Morgan fingerprint density at radius 3 is 2.63 bits per heavy atom.